The van der Waals surface area contributed by atoms with Crippen molar-refractivity contribution in [2.45, 2.75) is 19.4 Å². The van der Waals surface area contributed by atoms with Crippen molar-refractivity contribution in [1.82, 2.24) is 10.3 Å². The van der Waals surface area contributed by atoms with Crippen LogP contribution in [0.3, 0.4) is 0 Å². The van der Waals surface area contributed by atoms with E-state index in [2.05, 4.69) is 10.3 Å². The van der Waals surface area contributed by atoms with E-state index in [-0.39, 0.29) is 30.1 Å². The molecule has 1 atom stereocenters. The maximum Gasteiger partial charge on any atom is 0.251 e. The zero-order valence-corrected chi connectivity index (χ0v) is 15.8. The zero-order chi connectivity index (χ0) is 20.4. The number of carbonyl (C=O) groups is 2. The molecule has 1 aromatic heterocycles. The summed E-state index contributed by atoms with van der Waals surface area (Å²) in [5.41, 5.74) is 3.36. The average molecular weight is 390 g/mol. The summed E-state index contributed by atoms with van der Waals surface area (Å²) in [6, 6.07) is 13.5. The number of nitrogens with zero attached hydrogens (tertiary/aromatic N) is 1. The molecule has 0 saturated carbocycles. The zero-order valence-electron chi connectivity index (χ0n) is 15.8. The Morgan fingerprint density at radius 1 is 1.14 bits per heavy atom. The molecule has 0 bridgehead atoms. The van der Waals surface area contributed by atoms with Gasteiger partial charge in [-0.15, -0.1) is 0 Å². The Kier molecular flexibility index (Phi) is 5.08. The third-order valence-electron chi connectivity index (χ3n) is 4.89. The molecule has 0 aliphatic carbocycles. The van der Waals surface area contributed by atoms with Crippen LogP contribution in [0.25, 0.3) is 11.1 Å². The maximum absolute atomic E-state index is 14.5. The van der Waals surface area contributed by atoms with Crippen LogP contribution in [0.4, 0.5) is 4.39 Å². The van der Waals surface area contributed by atoms with Crippen molar-refractivity contribution >= 4 is 11.7 Å². The second kappa shape index (κ2) is 7.83. The van der Waals surface area contributed by atoms with E-state index in [9.17, 15) is 14.0 Å². The number of carbonyl (C=O) groups excluding carboxylic acids is 2. The number of benzene rings is 2. The van der Waals surface area contributed by atoms with E-state index in [1.807, 2.05) is 12.1 Å². The van der Waals surface area contributed by atoms with Gasteiger partial charge in [0.25, 0.3) is 5.91 Å². The Morgan fingerprint density at radius 3 is 2.59 bits per heavy atom. The van der Waals surface area contributed by atoms with Crippen molar-refractivity contribution in [3.05, 3.63) is 83.4 Å². The second-order valence-corrected chi connectivity index (χ2v) is 6.98. The van der Waals surface area contributed by atoms with Crippen molar-refractivity contribution in [3.8, 4) is 16.9 Å². The monoisotopic (exact) mass is 390 g/mol. The summed E-state index contributed by atoms with van der Waals surface area (Å²) in [5, 5.41) is 2.81. The molecular formula is C23H19FN2O3. The molecule has 2 aromatic carbocycles. The average Bonchev–Trinajstić information content (AvgIpc) is 3.16. The van der Waals surface area contributed by atoms with Gasteiger partial charge in [-0.3, -0.25) is 14.6 Å². The van der Waals surface area contributed by atoms with Crippen molar-refractivity contribution < 1.29 is 18.7 Å². The van der Waals surface area contributed by atoms with Crippen LogP contribution in [0.15, 0.2) is 60.9 Å². The van der Waals surface area contributed by atoms with Crippen LogP contribution in [-0.2, 0) is 6.42 Å². The van der Waals surface area contributed by atoms with Crippen LogP contribution in [0.1, 0.15) is 33.2 Å². The standard InChI is InChI=1S/C23H19FN2O3/c1-14(27)15-4-6-16(7-5-15)23(28)26-13-20-10-19-9-18(11-21(24)22(19)29-20)17-3-2-8-25-12-17/h2-9,11-12,20H,10,13H2,1H3,(H,26,28)/t20-/m0/s1. The molecular weight excluding hydrogens is 371 g/mol. The molecule has 4 rings (SSSR count). The first-order valence-electron chi connectivity index (χ1n) is 9.30. The predicted molar refractivity (Wildman–Crippen MR) is 107 cm³/mol. The number of ketones is 1. The molecule has 0 spiro atoms. The van der Waals surface area contributed by atoms with Crippen LogP contribution in [0.5, 0.6) is 5.75 Å². The summed E-state index contributed by atoms with van der Waals surface area (Å²) in [4.78, 5) is 27.7. The molecule has 146 valence electrons. The minimum atomic E-state index is -0.421. The SMILES string of the molecule is CC(=O)c1ccc(C(=O)NC[C@@H]2Cc3cc(-c4cccnc4)cc(F)c3O2)cc1. The van der Waals surface area contributed by atoms with Gasteiger partial charge in [-0.1, -0.05) is 18.2 Å². The normalized spacial score (nSPS) is 14.8. The summed E-state index contributed by atoms with van der Waals surface area (Å²) in [5.74, 6) is -0.504. The number of hydrogen-bond acceptors (Lipinski definition) is 4. The summed E-state index contributed by atoms with van der Waals surface area (Å²) in [7, 11) is 0. The number of halogens is 1. The van der Waals surface area contributed by atoms with E-state index < -0.39 is 5.82 Å². The third kappa shape index (κ3) is 4.01. The van der Waals surface area contributed by atoms with Gasteiger partial charge in [-0.05, 0) is 42.8 Å². The van der Waals surface area contributed by atoms with Gasteiger partial charge in [-0.2, -0.15) is 0 Å². The van der Waals surface area contributed by atoms with E-state index in [0.717, 1.165) is 16.7 Å². The maximum atomic E-state index is 14.5. The molecule has 3 aromatic rings. The highest BCUT2D eigenvalue weighted by atomic mass is 19.1. The summed E-state index contributed by atoms with van der Waals surface area (Å²) in [6.45, 7) is 1.73. The van der Waals surface area contributed by atoms with Crippen LogP contribution < -0.4 is 10.1 Å². The fourth-order valence-electron chi connectivity index (χ4n) is 3.37. The number of nitrogens with one attached hydrogen (secondary N) is 1. The number of Topliss-reactive ketones (excluding diaryl/α,β-unsaturated/α-hetero) is 1. The minimum Gasteiger partial charge on any atom is -0.485 e. The summed E-state index contributed by atoms with van der Waals surface area (Å²) >= 11 is 0. The van der Waals surface area contributed by atoms with Gasteiger partial charge in [0.15, 0.2) is 17.3 Å². The molecule has 1 amide bonds. The Bertz CT molecular complexity index is 1070. The number of aromatic nitrogens is 1. The van der Waals surface area contributed by atoms with Gasteiger partial charge in [0.1, 0.15) is 6.10 Å². The van der Waals surface area contributed by atoms with E-state index in [1.165, 1.54) is 13.0 Å². The first kappa shape index (κ1) is 18.8. The Morgan fingerprint density at radius 2 is 1.90 bits per heavy atom. The molecule has 5 nitrogen and oxygen atoms in total. The lowest BCUT2D eigenvalue weighted by Crippen LogP contribution is -2.34. The molecule has 0 fully saturated rings. The van der Waals surface area contributed by atoms with Crippen LogP contribution in [0.2, 0.25) is 0 Å². The number of rotatable bonds is 5. The molecule has 0 unspecified atom stereocenters. The van der Waals surface area contributed by atoms with E-state index in [0.29, 0.717) is 17.5 Å². The number of fused-ring (bicyclic) bond motifs is 1. The number of pyridine rings is 1. The Labute approximate surface area is 167 Å². The highest BCUT2D eigenvalue weighted by Crippen LogP contribution is 2.35. The number of amides is 1. The van der Waals surface area contributed by atoms with Gasteiger partial charge in [0, 0.05) is 41.1 Å². The molecule has 6 heteroatoms. The van der Waals surface area contributed by atoms with Crippen molar-refractivity contribution in [3.63, 3.8) is 0 Å². The molecule has 1 N–H and O–H groups in total. The van der Waals surface area contributed by atoms with Gasteiger partial charge < -0.3 is 10.1 Å². The molecule has 0 radical (unpaired) electrons. The Hall–Kier alpha value is -3.54. The summed E-state index contributed by atoms with van der Waals surface area (Å²) in [6.07, 6.45) is 3.52. The van der Waals surface area contributed by atoms with Crippen LogP contribution in [0, 0.1) is 5.82 Å². The van der Waals surface area contributed by atoms with E-state index in [1.54, 1.807) is 42.7 Å². The molecule has 1 aliphatic rings. The Balaban J connectivity index is 1.41. The van der Waals surface area contributed by atoms with Crippen molar-refractivity contribution in [2.24, 2.45) is 0 Å². The van der Waals surface area contributed by atoms with Crippen molar-refractivity contribution in [2.75, 3.05) is 6.54 Å². The lowest BCUT2D eigenvalue weighted by molar-refractivity contribution is 0.0931. The smallest absolute Gasteiger partial charge is 0.251 e. The van der Waals surface area contributed by atoms with Gasteiger partial charge >= 0.3 is 0 Å². The molecule has 0 saturated heterocycles. The highest BCUT2D eigenvalue weighted by molar-refractivity contribution is 5.97. The van der Waals surface area contributed by atoms with E-state index in [4.69, 9.17) is 4.74 Å². The van der Waals surface area contributed by atoms with Crippen LogP contribution in [-0.4, -0.2) is 29.3 Å². The largest absolute Gasteiger partial charge is 0.485 e. The van der Waals surface area contributed by atoms with E-state index >= 15 is 0 Å². The quantitative estimate of drug-likeness (QED) is 0.673. The first-order chi connectivity index (χ1) is 14.0. The lowest BCUT2D eigenvalue weighted by Gasteiger charge is -2.12. The van der Waals surface area contributed by atoms with Gasteiger partial charge in [0.2, 0.25) is 0 Å². The molecule has 2 heterocycles. The second-order valence-electron chi connectivity index (χ2n) is 6.98. The first-order valence-corrected chi connectivity index (χ1v) is 9.30. The van der Waals surface area contributed by atoms with Crippen molar-refractivity contribution in [1.29, 1.82) is 0 Å². The van der Waals surface area contributed by atoms with Gasteiger partial charge in [0.05, 0.1) is 6.54 Å². The third-order valence-corrected chi connectivity index (χ3v) is 4.89. The van der Waals surface area contributed by atoms with Crippen LogP contribution >= 0.6 is 0 Å². The lowest BCUT2D eigenvalue weighted by atomic mass is 10.0. The molecule has 29 heavy (non-hydrogen) atoms. The minimum absolute atomic E-state index is 0.0539. The number of hydrogen-bond donors (Lipinski definition) is 1. The highest BCUT2D eigenvalue weighted by Gasteiger charge is 2.27. The predicted octanol–water partition coefficient (Wildman–Crippen LogP) is 3.82. The van der Waals surface area contributed by atoms with Gasteiger partial charge in [-0.25, -0.2) is 4.39 Å². The number of ether oxygens (including phenoxy) is 1. The fraction of sp³-hybridized carbons (Fsp3) is 0.174. The fourth-order valence-corrected chi connectivity index (χ4v) is 3.37. The summed E-state index contributed by atoms with van der Waals surface area (Å²) < 4.78 is 20.2. The topological polar surface area (TPSA) is 68.3 Å². The molecule has 1 aliphatic heterocycles.